The van der Waals surface area contributed by atoms with Gasteiger partial charge in [0.25, 0.3) is 5.91 Å². The molecule has 1 aromatic heterocycles. The average molecular weight is 494 g/mol. The molecule has 2 fully saturated rings. The Morgan fingerprint density at radius 2 is 2.00 bits per heavy atom. The number of nitrogens with one attached hydrogen (secondary N) is 1. The molecule has 2 aliphatic rings. The maximum atomic E-state index is 13.0. The Kier molecular flexibility index (Phi) is 7.05. The molecule has 10 nitrogen and oxygen atoms in total. The first-order valence-electron chi connectivity index (χ1n) is 10.5. The number of esters is 1. The van der Waals surface area contributed by atoms with Crippen molar-refractivity contribution in [2.45, 2.75) is 42.4 Å². The van der Waals surface area contributed by atoms with Crippen LogP contribution in [0, 0.1) is 0 Å². The summed E-state index contributed by atoms with van der Waals surface area (Å²) in [5, 5.41) is 6.51. The van der Waals surface area contributed by atoms with Crippen molar-refractivity contribution >= 4 is 43.9 Å². The van der Waals surface area contributed by atoms with Crippen molar-refractivity contribution in [3.8, 4) is 0 Å². The van der Waals surface area contributed by atoms with Gasteiger partial charge in [0.1, 0.15) is 4.88 Å². The second kappa shape index (κ2) is 9.98. The second-order valence-electron chi connectivity index (χ2n) is 7.50. The van der Waals surface area contributed by atoms with E-state index in [1.165, 1.54) is 30.5 Å². The number of thiazole rings is 1. The summed E-state index contributed by atoms with van der Waals surface area (Å²) < 4.78 is 35.1. The van der Waals surface area contributed by atoms with Gasteiger partial charge < -0.3 is 14.3 Å². The minimum atomic E-state index is -3.35. The Bertz CT molecular complexity index is 1150. The van der Waals surface area contributed by atoms with Gasteiger partial charge in [-0.2, -0.15) is 0 Å². The lowest BCUT2D eigenvalue weighted by atomic mass is 10.1. The molecule has 1 aliphatic heterocycles. The molecule has 2 heterocycles. The van der Waals surface area contributed by atoms with E-state index in [2.05, 4.69) is 15.5 Å². The van der Waals surface area contributed by atoms with Gasteiger partial charge in [0.15, 0.2) is 26.8 Å². The second-order valence-corrected chi connectivity index (χ2v) is 10.8. The predicted octanol–water partition coefficient (Wildman–Crippen LogP) is 2.40. The topological polar surface area (TPSA) is 133 Å². The van der Waals surface area contributed by atoms with E-state index in [1.54, 1.807) is 6.92 Å². The van der Waals surface area contributed by atoms with Crippen molar-refractivity contribution in [2.75, 3.05) is 25.1 Å². The van der Waals surface area contributed by atoms with Crippen LogP contribution in [0.4, 0.5) is 5.13 Å². The molecular weight excluding hydrogens is 470 g/mol. The number of anilines is 1. The monoisotopic (exact) mass is 493 g/mol. The van der Waals surface area contributed by atoms with Gasteiger partial charge in [0.05, 0.1) is 36.2 Å². The molecule has 1 saturated carbocycles. The molecule has 0 spiro atoms. The number of nitrogens with zero attached hydrogens (tertiary/aromatic N) is 2. The summed E-state index contributed by atoms with van der Waals surface area (Å²) in [5.41, 5.74) is 0.327. The summed E-state index contributed by atoms with van der Waals surface area (Å²) in [5.74, 6) is -1.14. The summed E-state index contributed by atoms with van der Waals surface area (Å²) in [6.07, 6.45) is 3.01. The fourth-order valence-electron chi connectivity index (χ4n) is 3.11. The van der Waals surface area contributed by atoms with Crippen molar-refractivity contribution in [3.05, 3.63) is 40.9 Å². The molecule has 33 heavy (non-hydrogen) atoms. The van der Waals surface area contributed by atoms with E-state index in [-0.39, 0.29) is 38.6 Å². The summed E-state index contributed by atoms with van der Waals surface area (Å²) in [7, 11) is -3.35. The highest BCUT2D eigenvalue weighted by atomic mass is 32.2. The smallest absolute Gasteiger partial charge is 0.350 e. The van der Waals surface area contributed by atoms with Gasteiger partial charge in [-0.25, -0.2) is 18.2 Å². The SMILES string of the molecule is CCOC(=O)c1cnc(NC(=O)/C(=N/O[C@@H]2CCOC2)c2ccc(S(=O)(=O)C3CC3)cc2)s1. The quantitative estimate of drug-likeness (QED) is 0.320. The van der Waals surface area contributed by atoms with Crippen LogP contribution in [0.15, 0.2) is 40.5 Å². The number of sulfone groups is 1. The van der Waals surface area contributed by atoms with Crippen molar-refractivity contribution < 1.29 is 32.3 Å². The molecule has 1 atom stereocenters. The van der Waals surface area contributed by atoms with Gasteiger partial charge in [-0.05, 0) is 31.9 Å². The van der Waals surface area contributed by atoms with Crippen LogP contribution in [0.25, 0.3) is 0 Å². The number of rotatable bonds is 9. The molecule has 1 saturated heterocycles. The zero-order valence-electron chi connectivity index (χ0n) is 17.9. The molecule has 1 aliphatic carbocycles. The van der Waals surface area contributed by atoms with Gasteiger partial charge in [0.2, 0.25) is 0 Å². The largest absolute Gasteiger partial charge is 0.462 e. The number of carbonyl (C=O) groups excluding carboxylic acids is 2. The molecule has 1 N–H and O–H groups in total. The standard InChI is InChI=1S/C21H23N3O7S2/c1-2-30-20(26)17-11-22-21(32-17)23-19(25)18(24-31-14-9-10-29-12-14)13-3-5-15(6-4-13)33(27,28)16-7-8-16/h3-6,11,14,16H,2,7-10,12H2,1H3,(H,22,23,25)/b24-18+/t14-/m1/s1. The van der Waals surface area contributed by atoms with Crippen molar-refractivity contribution in [2.24, 2.45) is 5.16 Å². The fourth-order valence-corrected chi connectivity index (χ4v) is 5.47. The molecule has 12 heteroatoms. The predicted molar refractivity (Wildman–Crippen MR) is 120 cm³/mol. The Balaban J connectivity index is 1.55. The first-order valence-corrected chi connectivity index (χ1v) is 12.8. The van der Waals surface area contributed by atoms with Crippen molar-refractivity contribution in [3.63, 3.8) is 0 Å². The lowest BCUT2D eigenvalue weighted by molar-refractivity contribution is -0.110. The molecule has 0 bridgehead atoms. The first kappa shape index (κ1) is 23.3. The lowest BCUT2D eigenvalue weighted by Gasteiger charge is -2.10. The zero-order valence-corrected chi connectivity index (χ0v) is 19.5. The van der Waals surface area contributed by atoms with E-state index in [0.29, 0.717) is 38.0 Å². The number of amides is 1. The summed E-state index contributed by atoms with van der Waals surface area (Å²) >= 11 is 0.968. The van der Waals surface area contributed by atoms with Crippen molar-refractivity contribution in [1.29, 1.82) is 0 Å². The normalized spacial score (nSPS) is 18.7. The number of carbonyl (C=O) groups is 2. The van der Waals surface area contributed by atoms with Crippen LogP contribution in [0.3, 0.4) is 0 Å². The first-order chi connectivity index (χ1) is 15.9. The number of ether oxygens (including phenoxy) is 2. The lowest BCUT2D eigenvalue weighted by Crippen LogP contribution is -2.25. The molecule has 0 unspecified atom stereocenters. The molecule has 2 aromatic rings. The number of hydrogen-bond acceptors (Lipinski definition) is 10. The molecule has 4 rings (SSSR count). The number of oxime groups is 1. The van der Waals surface area contributed by atoms with Gasteiger partial charge in [-0.1, -0.05) is 28.6 Å². The molecule has 0 radical (unpaired) electrons. The van der Waals surface area contributed by atoms with Crippen LogP contribution >= 0.6 is 11.3 Å². The molecule has 1 amide bonds. The third-order valence-electron chi connectivity index (χ3n) is 5.02. The Morgan fingerprint density at radius 1 is 1.24 bits per heavy atom. The summed E-state index contributed by atoms with van der Waals surface area (Å²) in [4.78, 5) is 34.8. The van der Waals surface area contributed by atoms with E-state index in [4.69, 9.17) is 14.3 Å². The minimum Gasteiger partial charge on any atom is -0.462 e. The third-order valence-corrected chi connectivity index (χ3v) is 8.19. The van der Waals surface area contributed by atoms with E-state index < -0.39 is 21.7 Å². The zero-order chi connectivity index (χ0) is 23.4. The van der Waals surface area contributed by atoms with Crippen LogP contribution in [0.2, 0.25) is 0 Å². The van der Waals surface area contributed by atoms with Crippen LogP contribution in [0.5, 0.6) is 0 Å². The highest BCUT2D eigenvalue weighted by molar-refractivity contribution is 7.92. The molecule has 1 aromatic carbocycles. The Morgan fingerprint density at radius 3 is 2.64 bits per heavy atom. The van der Waals surface area contributed by atoms with Crippen molar-refractivity contribution in [1.82, 2.24) is 4.98 Å². The summed E-state index contributed by atoms with van der Waals surface area (Å²) in [6, 6.07) is 5.97. The third kappa shape index (κ3) is 5.57. The van der Waals surface area contributed by atoms with E-state index in [1.807, 2.05) is 0 Å². The van der Waals surface area contributed by atoms with Crippen LogP contribution < -0.4 is 5.32 Å². The van der Waals surface area contributed by atoms with E-state index in [0.717, 1.165) is 11.3 Å². The molecule has 176 valence electrons. The highest BCUT2D eigenvalue weighted by Gasteiger charge is 2.36. The fraction of sp³-hybridized carbons (Fsp3) is 0.429. The van der Waals surface area contributed by atoms with Crippen LogP contribution in [-0.4, -0.2) is 62.2 Å². The van der Waals surface area contributed by atoms with Crippen LogP contribution in [-0.2, 0) is 28.9 Å². The van der Waals surface area contributed by atoms with Gasteiger partial charge in [-0.15, -0.1) is 0 Å². The number of hydrogen-bond donors (Lipinski definition) is 1. The minimum absolute atomic E-state index is 0.0508. The highest BCUT2D eigenvalue weighted by Crippen LogP contribution is 2.33. The van der Waals surface area contributed by atoms with Crippen LogP contribution in [0.1, 0.15) is 41.4 Å². The summed E-state index contributed by atoms with van der Waals surface area (Å²) in [6.45, 7) is 2.84. The maximum Gasteiger partial charge on any atom is 0.350 e. The van der Waals surface area contributed by atoms with Gasteiger partial charge >= 0.3 is 5.97 Å². The van der Waals surface area contributed by atoms with E-state index in [9.17, 15) is 18.0 Å². The average Bonchev–Trinajstić information content (AvgIpc) is 3.35. The van der Waals surface area contributed by atoms with Gasteiger partial charge in [-0.3, -0.25) is 10.1 Å². The van der Waals surface area contributed by atoms with E-state index >= 15 is 0 Å². The Hall–Kier alpha value is -2.83. The number of benzene rings is 1. The van der Waals surface area contributed by atoms with Gasteiger partial charge in [0, 0.05) is 12.0 Å². The Labute approximate surface area is 194 Å². The number of aromatic nitrogens is 1. The molecular formula is C21H23N3O7S2. The maximum absolute atomic E-state index is 13.0.